The van der Waals surface area contributed by atoms with Crippen LogP contribution in [0.15, 0.2) is 30.3 Å². The molecule has 0 radical (unpaired) electrons. The summed E-state index contributed by atoms with van der Waals surface area (Å²) >= 11 is 5.87. The summed E-state index contributed by atoms with van der Waals surface area (Å²) in [5.74, 6) is -3.45. The first-order valence-corrected chi connectivity index (χ1v) is 5.93. The maximum absolute atomic E-state index is 13.9. The Bertz CT molecular complexity index is 829. The van der Waals surface area contributed by atoms with E-state index in [0.29, 0.717) is 22.1 Å². The molecule has 0 unspecified atom stereocenters. The van der Waals surface area contributed by atoms with Crippen molar-refractivity contribution in [3.8, 4) is 5.69 Å². The molecule has 2 N–H and O–H groups in total. The third kappa shape index (κ3) is 1.89. The number of nitrogens with zero attached hydrogens (tertiary/aromatic N) is 2. The highest BCUT2D eigenvalue weighted by Gasteiger charge is 2.17. The first-order chi connectivity index (χ1) is 9.47. The van der Waals surface area contributed by atoms with Crippen LogP contribution in [0.5, 0.6) is 0 Å². The average Bonchev–Trinajstić information content (AvgIpc) is 2.69. The van der Waals surface area contributed by atoms with Crippen LogP contribution >= 0.6 is 11.6 Å². The summed E-state index contributed by atoms with van der Waals surface area (Å²) in [7, 11) is 0. The Morgan fingerprint density at radius 1 is 1.00 bits per heavy atom. The molecule has 0 atom stereocenters. The van der Waals surface area contributed by atoms with Gasteiger partial charge in [-0.05, 0) is 18.2 Å². The molecule has 3 rings (SSSR count). The number of nitrogens with two attached hydrogens (primary N) is 1. The van der Waals surface area contributed by atoms with Gasteiger partial charge in [-0.25, -0.2) is 18.2 Å². The quantitative estimate of drug-likeness (QED) is 0.696. The fraction of sp³-hybridized carbons (Fsp3) is 0. The molecule has 0 bridgehead atoms. The molecule has 0 saturated heterocycles. The van der Waals surface area contributed by atoms with Crippen LogP contribution in [0.3, 0.4) is 0 Å². The van der Waals surface area contributed by atoms with Crippen molar-refractivity contribution < 1.29 is 13.2 Å². The topological polar surface area (TPSA) is 43.8 Å². The van der Waals surface area contributed by atoms with Gasteiger partial charge in [0.25, 0.3) is 0 Å². The molecule has 0 fully saturated rings. The Balaban J connectivity index is 2.37. The normalized spacial score (nSPS) is 11.2. The lowest BCUT2D eigenvalue weighted by Gasteiger charge is -2.08. The van der Waals surface area contributed by atoms with E-state index in [1.54, 1.807) is 12.1 Å². The van der Waals surface area contributed by atoms with Crippen LogP contribution in [-0.4, -0.2) is 9.55 Å². The molecule has 0 aliphatic heterocycles. The minimum atomic E-state index is -1.27. The molecule has 3 aromatic rings. The van der Waals surface area contributed by atoms with Gasteiger partial charge in [0.2, 0.25) is 5.95 Å². The number of benzene rings is 2. The van der Waals surface area contributed by atoms with E-state index in [9.17, 15) is 13.2 Å². The molecule has 0 spiro atoms. The van der Waals surface area contributed by atoms with Crippen molar-refractivity contribution in [2.45, 2.75) is 0 Å². The van der Waals surface area contributed by atoms with Gasteiger partial charge in [0, 0.05) is 17.2 Å². The monoisotopic (exact) mass is 297 g/mol. The van der Waals surface area contributed by atoms with Crippen molar-refractivity contribution >= 4 is 28.6 Å². The number of hydrogen-bond donors (Lipinski definition) is 1. The molecule has 0 aliphatic carbocycles. The summed E-state index contributed by atoms with van der Waals surface area (Å²) in [5.41, 5.74) is 6.36. The van der Waals surface area contributed by atoms with Crippen LogP contribution in [0, 0.1) is 17.5 Å². The van der Waals surface area contributed by atoms with Gasteiger partial charge >= 0.3 is 0 Å². The highest BCUT2D eigenvalue weighted by molar-refractivity contribution is 6.31. The van der Waals surface area contributed by atoms with Crippen molar-refractivity contribution in [1.29, 1.82) is 0 Å². The number of hydrogen-bond acceptors (Lipinski definition) is 2. The molecule has 20 heavy (non-hydrogen) atoms. The lowest BCUT2D eigenvalue weighted by atomic mass is 10.2. The molecule has 2 aromatic carbocycles. The highest BCUT2D eigenvalue weighted by atomic mass is 35.5. The fourth-order valence-electron chi connectivity index (χ4n) is 2.00. The SMILES string of the molecule is Nc1nc2ccc(Cl)cc2n1-c1cc(F)c(F)cc1F. The Hall–Kier alpha value is -2.21. The van der Waals surface area contributed by atoms with Gasteiger partial charge in [0.15, 0.2) is 11.6 Å². The van der Waals surface area contributed by atoms with Crippen LogP contribution in [-0.2, 0) is 0 Å². The van der Waals surface area contributed by atoms with Gasteiger partial charge in [-0.3, -0.25) is 4.57 Å². The van der Waals surface area contributed by atoms with Gasteiger partial charge in [0.1, 0.15) is 5.82 Å². The number of rotatable bonds is 1. The summed E-state index contributed by atoms with van der Waals surface area (Å²) in [5, 5.41) is 0.390. The molecule has 0 amide bonds. The Labute approximate surface area is 116 Å². The van der Waals surface area contributed by atoms with Crippen LogP contribution < -0.4 is 5.73 Å². The van der Waals surface area contributed by atoms with Gasteiger partial charge < -0.3 is 5.73 Å². The molecule has 102 valence electrons. The van der Waals surface area contributed by atoms with Crippen molar-refractivity contribution in [3.63, 3.8) is 0 Å². The Morgan fingerprint density at radius 3 is 2.45 bits per heavy atom. The first kappa shape index (κ1) is 12.8. The Kier molecular flexibility index (Phi) is 2.83. The fourth-order valence-corrected chi connectivity index (χ4v) is 2.17. The minimum absolute atomic E-state index is 0.0489. The maximum Gasteiger partial charge on any atom is 0.206 e. The average molecular weight is 298 g/mol. The van der Waals surface area contributed by atoms with E-state index in [0.717, 1.165) is 6.07 Å². The summed E-state index contributed by atoms with van der Waals surface area (Å²) in [6.45, 7) is 0. The number of imidazole rings is 1. The van der Waals surface area contributed by atoms with E-state index in [-0.39, 0.29) is 11.6 Å². The number of fused-ring (bicyclic) bond motifs is 1. The number of halogens is 4. The maximum atomic E-state index is 13.9. The first-order valence-electron chi connectivity index (χ1n) is 5.56. The van der Waals surface area contributed by atoms with E-state index >= 15 is 0 Å². The molecular formula is C13H7ClF3N3. The largest absolute Gasteiger partial charge is 0.369 e. The predicted octanol–water partition coefficient (Wildman–Crippen LogP) is 3.68. The minimum Gasteiger partial charge on any atom is -0.369 e. The number of nitrogen functional groups attached to an aromatic ring is 1. The van der Waals surface area contributed by atoms with Gasteiger partial charge in [-0.15, -0.1) is 0 Å². The second-order valence-corrected chi connectivity index (χ2v) is 4.59. The molecular weight excluding hydrogens is 291 g/mol. The second kappa shape index (κ2) is 4.42. The van der Waals surface area contributed by atoms with Crippen LogP contribution in [0.25, 0.3) is 16.7 Å². The third-order valence-electron chi connectivity index (χ3n) is 2.87. The third-order valence-corrected chi connectivity index (χ3v) is 3.11. The number of anilines is 1. The van der Waals surface area contributed by atoms with E-state index in [4.69, 9.17) is 17.3 Å². The van der Waals surface area contributed by atoms with Gasteiger partial charge in [-0.1, -0.05) is 11.6 Å². The van der Waals surface area contributed by atoms with Crippen molar-refractivity contribution in [2.24, 2.45) is 0 Å². The van der Waals surface area contributed by atoms with E-state index in [1.807, 2.05) is 0 Å². The second-order valence-electron chi connectivity index (χ2n) is 4.16. The molecule has 0 saturated carbocycles. The number of aromatic nitrogens is 2. The summed E-state index contributed by atoms with van der Waals surface area (Å²) < 4.78 is 41.3. The van der Waals surface area contributed by atoms with Gasteiger partial charge in [0.05, 0.1) is 16.7 Å². The van der Waals surface area contributed by atoms with Crippen LogP contribution in [0.1, 0.15) is 0 Å². The molecule has 7 heteroatoms. The summed E-state index contributed by atoms with van der Waals surface area (Å²) in [6.07, 6.45) is 0. The molecule has 1 aromatic heterocycles. The van der Waals surface area contributed by atoms with Crippen LogP contribution in [0.2, 0.25) is 5.02 Å². The van der Waals surface area contributed by atoms with Crippen molar-refractivity contribution in [3.05, 3.63) is 52.8 Å². The molecule has 1 heterocycles. The van der Waals surface area contributed by atoms with Crippen molar-refractivity contribution in [1.82, 2.24) is 9.55 Å². The highest BCUT2D eigenvalue weighted by Crippen LogP contribution is 2.28. The predicted molar refractivity (Wildman–Crippen MR) is 70.4 cm³/mol. The zero-order valence-electron chi connectivity index (χ0n) is 9.87. The molecule has 3 nitrogen and oxygen atoms in total. The van der Waals surface area contributed by atoms with Crippen molar-refractivity contribution in [2.75, 3.05) is 5.73 Å². The zero-order valence-corrected chi connectivity index (χ0v) is 10.6. The van der Waals surface area contributed by atoms with E-state index in [1.165, 1.54) is 10.6 Å². The lowest BCUT2D eigenvalue weighted by molar-refractivity contribution is 0.493. The van der Waals surface area contributed by atoms with Gasteiger partial charge in [-0.2, -0.15) is 0 Å². The smallest absolute Gasteiger partial charge is 0.206 e. The lowest BCUT2D eigenvalue weighted by Crippen LogP contribution is -2.04. The van der Waals surface area contributed by atoms with Crippen LogP contribution in [0.4, 0.5) is 19.1 Å². The van der Waals surface area contributed by atoms with E-state index < -0.39 is 17.5 Å². The summed E-state index contributed by atoms with van der Waals surface area (Å²) in [6, 6.07) is 5.90. The summed E-state index contributed by atoms with van der Waals surface area (Å²) in [4.78, 5) is 4.02. The standard InChI is InChI=1S/C13H7ClF3N3/c14-6-1-2-10-12(3-6)20(13(18)19-10)11-5-8(16)7(15)4-9(11)17/h1-5H,(H2,18,19). The Morgan fingerprint density at radius 2 is 1.70 bits per heavy atom. The van der Waals surface area contributed by atoms with E-state index in [2.05, 4.69) is 4.98 Å². The molecule has 0 aliphatic rings. The zero-order chi connectivity index (χ0) is 14.4.